The van der Waals surface area contributed by atoms with Crippen molar-refractivity contribution in [3.63, 3.8) is 0 Å². The summed E-state index contributed by atoms with van der Waals surface area (Å²) >= 11 is 0. The van der Waals surface area contributed by atoms with E-state index in [-0.39, 0.29) is 28.6 Å². The number of alkyl halides is 2. The molecule has 10 heteroatoms. The molecule has 170 valence electrons. The largest absolute Gasteiger partial charge is 0.493 e. The minimum Gasteiger partial charge on any atom is -0.493 e. The smallest absolute Gasteiger partial charge is 0.387 e. The van der Waals surface area contributed by atoms with Crippen molar-refractivity contribution in [3.8, 4) is 11.5 Å². The molecule has 0 atom stereocenters. The van der Waals surface area contributed by atoms with Gasteiger partial charge in [-0.2, -0.15) is 13.1 Å². The molecule has 0 heterocycles. The van der Waals surface area contributed by atoms with Gasteiger partial charge in [0.25, 0.3) is 0 Å². The average Bonchev–Trinajstić information content (AvgIpc) is 2.73. The van der Waals surface area contributed by atoms with Gasteiger partial charge >= 0.3 is 12.6 Å². The SMILES string of the molecule is CCN(CC)S(=O)(=O)c1ccc(C)c(C(=O)OCc2ccc(OC(F)F)c(OC)c2)c1. The molecule has 0 bridgehead atoms. The van der Waals surface area contributed by atoms with E-state index in [9.17, 15) is 22.0 Å². The molecular formula is C21H25F2NO6S. The highest BCUT2D eigenvalue weighted by molar-refractivity contribution is 7.89. The quantitative estimate of drug-likeness (QED) is 0.502. The first-order chi connectivity index (χ1) is 14.6. The number of esters is 1. The highest BCUT2D eigenvalue weighted by atomic mass is 32.2. The molecule has 0 amide bonds. The molecule has 0 unspecified atom stereocenters. The summed E-state index contributed by atoms with van der Waals surface area (Å²) in [7, 11) is -2.43. The Balaban J connectivity index is 2.21. The Kier molecular flexibility index (Phi) is 8.35. The van der Waals surface area contributed by atoms with Crippen LogP contribution in [-0.4, -0.2) is 45.5 Å². The second-order valence-corrected chi connectivity index (χ2v) is 8.44. The molecule has 0 aromatic heterocycles. The Morgan fingerprint density at radius 1 is 1.06 bits per heavy atom. The van der Waals surface area contributed by atoms with Gasteiger partial charge in [-0.25, -0.2) is 13.2 Å². The summed E-state index contributed by atoms with van der Waals surface area (Å²) in [4.78, 5) is 12.6. The summed E-state index contributed by atoms with van der Waals surface area (Å²) in [6.45, 7) is 2.58. The minimum atomic E-state index is -3.73. The molecule has 0 aliphatic carbocycles. The predicted molar refractivity (Wildman–Crippen MR) is 110 cm³/mol. The van der Waals surface area contributed by atoms with Crippen LogP contribution in [0.15, 0.2) is 41.3 Å². The molecule has 0 aliphatic heterocycles. The Morgan fingerprint density at radius 2 is 1.74 bits per heavy atom. The number of benzene rings is 2. The third-order valence-corrected chi connectivity index (χ3v) is 6.63. The predicted octanol–water partition coefficient (Wildman–Crippen LogP) is 3.99. The maximum Gasteiger partial charge on any atom is 0.387 e. The Bertz CT molecular complexity index is 1020. The van der Waals surface area contributed by atoms with E-state index in [1.807, 2.05) is 0 Å². The average molecular weight is 457 g/mol. The fourth-order valence-corrected chi connectivity index (χ4v) is 4.40. The summed E-state index contributed by atoms with van der Waals surface area (Å²) in [5, 5.41) is 0. The number of aryl methyl sites for hydroxylation is 1. The zero-order valence-corrected chi connectivity index (χ0v) is 18.5. The third kappa shape index (κ3) is 5.92. The molecular weight excluding hydrogens is 432 g/mol. The number of carbonyl (C=O) groups excluding carboxylic acids is 1. The second-order valence-electron chi connectivity index (χ2n) is 6.51. The molecule has 0 spiro atoms. The van der Waals surface area contributed by atoms with Crippen LogP contribution >= 0.6 is 0 Å². The van der Waals surface area contributed by atoms with E-state index in [4.69, 9.17) is 9.47 Å². The van der Waals surface area contributed by atoms with Gasteiger partial charge in [0.2, 0.25) is 10.0 Å². The number of methoxy groups -OCH3 is 1. The van der Waals surface area contributed by atoms with Crippen LogP contribution in [0.3, 0.4) is 0 Å². The van der Waals surface area contributed by atoms with Crippen LogP contribution < -0.4 is 9.47 Å². The molecule has 2 rings (SSSR count). The van der Waals surface area contributed by atoms with Crippen molar-refractivity contribution in [1.82, 2.24) is 4.31 Å². The number of halogens is 2. The van der Waals surface area contributed by atoms with Gasteiger partial charge in [-0.15, -0.1) is 0 Å². The topological polar surface area (TPSA) is 82.1 Å². The van der Waals surface area contributed by atoms with Crippen molar-refractivity contribution in [2.45, 2.75) is 38.9 Å². The number of hydrogen-bond acceptors (Lipinski definition) is 6. The zero-order valence-electron chi connectivity index (χ0n) is 17.7. The molecule has 2 aromatic rings. The lowest BCUT2D eigenvalue weighted by Crippen LogP contribution is -2.30. The summed E-state index contributed by atoms with van der Waals surface area (Å²) in [6.07, 6.45) is 0. The standard InChI is InChI=1S/C21H25F2NO6S/c1-5-24(6-2)31(26,27)16-9-7-14(3)17(12-16)20(25)29-13-15-8-10-18(30-21(22)23)19(11-15)28-4/h7-12,21H,5-6,13H2,1-4H3. The van der Waals surface area contributed by atoms with Gasteiger partial charge in [-0.1, -0.05) is 26.0 Å². The molecule has 0 saturated heterocycles. The fourth-order valence-electron chi connectivity index (χ4n) is 2.92. The van der Waals surface area contributed by atoms with Crippen LogP contribution in [0.25, 0.3) is 0 Å². The summed E-state index contributed by atoms with van der Waals surface area (Å²) < 4.78 is 66.3. The third-order valence-electron chi connectivity index (χ3n) is 4.59. The summed E-state index contributed by atoms with van der Waals surface area (Å²) in [6, 6.07) is 8.46. The number of carbonyl (C=O) groups is 1. The van der Waals surface area contributed by atoms with E-state index in [2.05, 4.69) is 4.74 Å². The van der Waals surface area contributed by atoms with Crippen molar-refractivity contribution < 1.29 is 36.2 Å². The van der Waals surface area contributed by atoms with E-state index in [0.717, 1.165) is 0 Å². The molecule has 0 saturated carbocycles. The molecule has 0 radical (unpaired) electrons. The van der Waals surface area contributed by atoms with Crippen molar-refractivity contribution >= 4 is 16.0 Å². The number of rotatable bonds is 10. The van der Waals surface area contributed by atoms with Crippen LogP contribution in [0.2, 0.25) is 0 Å². The lowest BCUT2D eigenvalue weighted by Gasteiger charge is -2.19. The maximum absolute atomic E-state index is 12.7. The lowest BCUT2D eigenvalue weighted by molar-refractivity contribution is -0.0512. The van der Waals surface area contributed by atoms with Crippen LogP contribution in [-0.2, 0) is 21.4 Å². The Labute approximate surface area is 180 Å². The van der Waals surface area contributed by atoms with E-state index in [1.165, 1.54) is 41.7 Å². The number of nitrogens with zero attached hydrogens (tertiary/aromatic N) is 1. The minimum absolute atomic E-state index is 0.00363. The van der Waals surface area contributed by atoms with E-state index < -0.39 is 22.6 Å². The first kappa shape index (κ1) is 24.5. The molecule has 0 N–H and O–H groups in total. The van der Waals surface area contributed by atoms with E-state index in [0.29, 0.717) is 24.2 Å². The van der Waals surface area contributed by atoms with E-state index in [1.54, 1.807) is 26.8 Å². The zero-order chi connectivity index (χ0) is 23.2. The van der Waals surface area contributed by atoms with Gasteiger partial charge in [0.1, 0.15) is 6.61 Å². The molecule has 2 aromatic carbocycles. The van der Waals surface area contributed by atoms with Crippen LogP contribution in [0.1, 0.15) is 35.3 Å². The first-order valence-corrected chi connectivity index (χ1v) is 11.0. The van der Waals surface area contributed by atoms with Gasteiger partial charge in [0, 0.05) is 13.1 Å². The first-order valence-electron chi connectivity index (χ1n) is 9.53. The molecule has 0 aliphatic rings. The Hall–Kier alpha value is -2.72. The monoisotopic (exact) mass is 457 g/mol. The number of sulfonamides is 1. The lowest BCUT2D eigenvalue weighted by atomic mass is 10.1. The van der Waals surface area contributed by atoms with Crippen LogP contribution in [0.5, 0.6) is 11.5 Å². The van der Waals surface area contributed by atoms with Crippen molar-refractivity contribution in [1.29, 1.82) is 0 Å². The Morgan fingerprint density at radius 3 is 2.32 bits per heavy atom. The normalized spacial score (nSPS) is 11.6. The molecule has 31 heavy (non-hydrogen) atoms. The van der Waals surface area contributed by atoms with Gasteiger partial charge < -0.3 is 14.2 Å². The summed E-state index contributed by atoms with van der Waals surface area (Å²) in [5.41, 5.74) is 1.16. The van der Waals surface area contributed by atoms with Crippen molar-refractivity contribution in [3.05, 3.63) is 53.1 Å². The second kappa shape index (κ2) is 10.5. The van der Waals surface area contributed by atoms with Crippen LogP contribution in [0, 0.1) is 6.92 Å². The van der Waals surface area contributed by atoms with Gasteiger partial charge in [0.15, 0.2) is 11.5 Å². The number of ether oxygens (including phenoxy) is 3. The molecule has 7 nitrogen and oxygen atoms in total. The van der Waals surface area contributed by atoms with Gasteiger partial charge in [-0.3, -0.25) is 0 Å². The fraction of sp³-hybridized carbons (Fsp3) is 0.381. The molecule has 0 fully saturated rings. The number of hydrogen-bond donors (Lipinski definition) is 0. The highest BCUT2D eigenvalue weighted by Crippen LogP contribution is 2.30. The van der Waals surface area contributed by atoms with Crippen molar-refractivity contribution in [2.75, 3.05) is 20.2 Å². The van der Waals surface area contributed by atoms with E-state index >= 15 is 0 Å². The van der Waals surface area contributed by atoms with Gasteiger partial charge in [-0.05, 0) is 42.3 Å². The van der Waals surface area contributed by atoms with Crippen molar-refractivity contribution in [2.24, 2.45) is 0 Å². The summed E-state index contributed by atoms with van der Waals surface area (Å²) in [5.74, 6) is -0.781. The van der Waals surface area contributed by atoms with Crippen LogP contribution in [0.4, 0.5) is 8.78 Å². The maximum atomic E-state index is 12.7. The van der Waals surface area contributed by atoms with Gasteiger partial charge in [0.05, 0.1) is 17.6 Å². The highest BCUT2D eigenvalue weighted by Gasteiger charge is 2.24.